The second-order valence-corrected chi connectivity index (χ2v) is 8.91. The predicted molar refractivity (Wildman–Crippen MR) is 143 cm³/mol. The maximum atomic E-state index is 12.5. The van der Waals surface area contributed by atoms with Crippen molar-refractivity contribution in [2.45, 2.75) is 13.0 Å². The average molecular weight is 564 g/mol. The number of ether oxygens (including phenoxy) is 2. The van der Waals surface area contributed by atoms with Gasteiger partial charge in [-0.1, -0.05) is 12.1 Å². The van der Waals surface area contributed by atoms with Gasteiger partial charge in [0, 0.05) is 25.2 Å². The van der Waals surface area contributed by atoms with Crippen LogP contribution in [0, 0.1) is 12.3 Å². The number of aliphatic carboxylic acids is 1. The van der Waals surface area contributed by atoms with Crippen LogP contribution in [0.5, 0.6) is 23.4 Å². The fourth-order valence-corrected chi connectivity index (χ4v) is 3.91. The Morgan fingerprint density at radius 3 is 2.39 bits per heavy atom. The number of hydrogen-bond acceptors (Lipinski definition) is 10. The molecule has 2 aromatic carbocycles. The van der Waals surface area contributed by atoms with Crippen molar-refractivity contribution in [2.75, 3.05) is 20.7 Å². The van der Waals surface area contributed by atoms with Gasteiger partial charge in [-0.3, -0.25) is 14.8 Å². The Morgan fingerprint density at radius 1 is 1.05 bits per heavy atom. The number of carboxylic acids is 2. The summed E-state index contributed by atoms with van der Waals surface area (Å²) < 4.78 is 12.8. The van der Waals surface area contributed by atoms with Gasteiger partial charge >= 0.3 is 17.9 Å². The van der Waals surface area contributed by atoms with Gasteiger partial charge in [-0.2, -0.15) is 9.97 Å². The van der Waals surface area contributed by atoms with Gasteiger partial charge in [0.25, 0.3) is 11.8 Å². The SMILES string of the molecule is Cc1nc2c(Oc3cccc(C(=O)N(C)C)c3)nc(Oc3cc(C(=N)N)ccc3C(=O)O)nc2n1C(CO)C(=O)O. The number of aliphatic hydroxyl groups excluding tert-OH is 1. The third-order valence-electron chi connectivity index (χ3n) is 5.86. The first-order valence-electron chi connectivity index (χ1n) is 11.9. The number of nitrogens with zero attached hydrogens (tertiary/aromatic N) is 5. The number of nitrogen functional groups attached to an aromatic ring is 1. The van der Waals surface area contributed by atoms with E-state index >= 15 is 0 Å². The van der Waals surface area contributed by atoms with Crippen molar-refractivity contribution in [3.63, 3.8) is 0 Å². The lowest BCUT2D eigenvalue weighted by molar-refractivity contribution is -0.142. The minimum atomic E-state index is -1.48. The van der Waals surface area contributed by atoms with Crippen LogP contribution in [0.1, 0.15) is 38.1 Å². The summed E-state index contributed by atoms with van der Waals surface area (Å²) in [5.41, 5.74) is 5.65. The van der Waals surface area contributed by atoms with Crippen molar-refractivity contribution < 1.29 is 39.2 Å². The highest BCUT2D eigenvalue weighted by molar-refractivity contribution is 5.98. The number of carbonyl (C=O) groups excluding carboxylic acids is 1. The Hall–Kier alpha value is -5.57. The molecule has 4 aromatic rings. The highest BCUT2D eigenvalue weighted by Gasteiger charge is 2.28. The summed E-state index contributed by atoms with van der Waals surface area (Å²) in [7, 11) is 3.19. The molecule has 0 radical (unpaired) electrons. The summed E-state index contributed by atoms with van der Waals surface area (Å²) in [6, 6.07) is 7.99. The monoisotopic (exact) mass is 563 g/mol. The van der Waals surface area contributed by atoms with Crippen LogP contribution < -0.4 is 15.2 Å². The maximum Gasteiger partial charge on any atom is 0.339 e. The average Bonchev–Trinajstić information content (AvgIpc) is 3.24. The molecule has 15 heteroatoms. The Morgan fingerprint density at radius 2 is 1.78 bits per heavy atom. The number of fused-ring (bicyclic) bond motifs is 1. The largest absolute Gasteiger partial charge is 0.480 e. The van der Waals surface area contributed by atoms with Gasteiger partial charge in [0.1, 0.15) is 28.7 Å². The zero-order valence-corrected chi connectivity index (χ0v) is 22.0. The molecule has 1 amide bonds. The Kier molecular flexibility index (Phi) is 7.82. The summed E-state index contributed by atoms with van der Waals surface area (Å²) in [4.78, 5) is 50.4. The molecule has 0 aliphatic carbocycles. The van der Waals surface area contributed by atoms with E-state index in [1.165, 1.54) is 36.1 Å². The summed E-state index contributed by atoms with van der Waals surface area (Å²) in [5, 5.41) is 36.8. The smallest absolute Gasteiger partial charge is 0.339 e. The fraction of sp³-hybridized carbons (Fsp3) is 0.192. The Labute approximate surface area is 231 Å². The number of nitrogens with two attached hydrogens (primary N) is 1. The van der Waals surface area contributed by atoms with Crippen LogP contribution in [0.2, 0.25) is 0 Å². The molecule has 0 bridgehead atoms. The summed E-state index contributed by atoms with van der Waals surface area (Å²) in [6.45, 7) is 0.698. The van der Waals surface area contributed by atoms with Gasteiger partial charge in [0.05, 0.1) is 6.61 Å². The molecule has 1 atom stereocenters. The van der Waals surface area contributed by atoms with Gasteiger partial charge in [0.2, 0.25) is 0 Å². The van der Waals surface area contributed by atoms with E-state index in [-0.39, 0.29) is 57.2 Å². The first-order chi connectivity index (χ1) is 19.4. The van der Waals surface area contributed by atoms with E-state index < -0.39 is 30.6 Å². The van der Waals surface area contributed by atoms with Crippen LogP contribution in [0.25, 0.3) is 11.2 Å². The zero-order chi connectivity index (χ0) is 30.0. The molecule has 0 fully saturated rings. The third-order valence-corrected chi connectivity index (χ3v) is 5.86. The summed E-state index contributed by atoms with van der Waals surface area (Å²) in [5.74, 6) is -3.47. The number of nitrogens with one attached hydrogen (secondary N) is 1. The standard InChI is InChI=1S/C26H25N7O8/c1-12-29-19-21(33(12)17(11-34)25(38)39)30-26(41-18-10-13(20(27)28)7-8-16(18)24(36)37)31-22(19)40-15-6-4-5-14(9-15)23(35)32(2)3/h4-10,17,34H,11H2,1-3H3,(H3,27,28)(H,36,37)(H,38,39). The molecule has 2 aromatic heterocycles. The highest BCUT2D eigenvalue weighted by atomic mass is 16.5. The van der Waals surface area contributed by atoms with Gasteiger partial charge in [-0.05, 0) is 37.3 Å². The van der Waals surface area contributed by atoms with Crippen molar-refractivity contribution in [2.24, 2.45) is 5.73 Å². The number of aliphatic hydroxyl groups is 1. The van der Waals surface area contributed by atoms with E-state index in [1.54, 1.807) is 32.3 Å². The van der Waals surface area contributed by atoms with Gasteiger partial charge in [-0.15, -0.1) is 0 Å². The molecule has 41 heavy (non-hydrogen) atoms. The first kappa shape index (κ1) is 28.4. The number of hydrogen-bond donors (Lipinski definition) is 5. The minimum absolute atomic E-state index is 0.00911. The molecular weight excluding hydrogens is 538 g/mol. The molecule has 0 saturated carbocycles. The van der Waals surface area contributed by atoms with Gasteiger partial charge < -0.3 is 35.4 Å². The summed E-state index contributed by atoms with van der Waals surface area (Å²) >= 11 is 0. The molecule has 4 rings (SSSR count). The second-order valence-electron chi connectivity index (χ2n) is 8.91. The van der Waals surface area contributed by atoms with Crippen molar-refractivity contribution in [3.8, 4) is 23.4 Å². The van der Waals surface area contributed by atoms with Crippen LogP contribution in [-0.4, -0.2) is 84.1 Å². The number of amidine groups is 1. The zero-order valence-electron chi connectivity index (χ0n) is 22.0. The van der Waals surface area contributed by atoms with Crippen LogP contribution in [0.4, 0.5) is 0 Å². The number of amides is 1. The number of carbonyl (C=O) groups is 3. The second kappa shape index (κ2) is 11.3. The predicted octanol–water partition coefficient (Wildman–Crippen LogP) is 2.02. The molecule has 1 unspecified atom stereocenters. The number of carboxylic acid groups (broad SMARTS) is 2. The van der Waals surface area contributed by atoms with E-state index in [4.69, 9.17) is 20.6 Å². The van der Waals surface area contributed by atoms with E-state index in [9.17, 15) is 29.7 Å². The van der Waals surface area contributed by atoms with Crippen molar-refractivity contribution in [1.82, 2.24) is 24.4 Å². The Balaban J connectivity index is 1.91. The molecular formula is C26H25N7O8. The van der Waals surface area contributed by atoms with Crippen molar-refractivity contribution in [3.05, 3.63) is 65.0 Å². The lowest BCUT2D eigenvalue weighted by Crippen LogP contribution is -2.23. The lowest BCUT2D eigenvalue weighted by atomic mass is 10.1. The molecule has 0 aliphatic rings. The van der Waals surface area contributed by atoms with Crippen LogP contribution >= 0.6 is 0 Å². The Bertz CT molecular complexity index is 1700. The normalized spacial score (nSPS) is 11.6. The lowest BCUT2D eigenvalue weighted by Gasteiger charge is -2.15. The van der Waals surface area contributed by atoms with E-state index in [1.807, 2.05) is 0 Å². The van der Waals surface area contributed by atoms with E-state index in [0.717, 1.165) is 4.57 Å². The molecule has 212 valence electrons. The maximum absolute atomic E-state index is 12.5. The quantitative estimate of drug-likeness (QED) is 0.138. The number of benzene rings is 2. The number of rotatable bonds is 10. The van der Waals surface area contributed by atoms with Crippen LogP contribution in [0.15, 0.2) is 42.5 Å². The van der Waals surface area contributed by atoms with E-state index in [0.29, 0.717) is 5.56 Å². The molecule has 0 saturated heterocycles. The molecule has 0 spiro atoms. The van der Waals surface area contributed by atoms with Crippen LogP contribution in [-0.2, 0) is 4.79 Å². The van der Waals surface area contributed by atoms with Crippen molar-refractivity contribution in [1.29, 1.82) is 5.41 Å². The molecule has 6 N–H and O–H groups in total. The molecule has 0 aliphatic heterocycles. The van der Waals surface area contributed by atoms with Gasteiger partial charge in [-0.25, -0.2) is 14.6 Å². The van der Waals surface area contributed by atoms with E-state index in [2.05, 4.69) is 15.0 Å². The minimum Gasteiger partial charge on any atom is -0.480 e. The fourth-order valence-electron chi connectivity index (χ4n) is 3.91. The van der Waals surface area contributed by atoms with Crippen LogP contribution in [0.3, 0.4) is 0 Å². The summed E-state index contributed by atoms with van der Waals surface area (Å²) in [6.07, 6.45) is 0. The number of aryl methyl sites for hydroxylation is 1. The molecule has 15 nitrogen and oxygen atoms in total. The number of aromatic nitrogens is 4. The number of aromatic carboxylic acids is 1. The van der Waals surface area contributed by atoms with Crippen molar-refractivity contribution >= 4 is 34.8 Å². The van der Waals surface area contributed by atoms with Gasteiger partial charge in [0.15, 0.2) is 17.2 Å². The topological polar surface area (TPSA) is 227 Å². The third kappa shape index (κ3) is 5.74. The molecule has 2 heterocycles. The highest BCUT2D eigenvalue weighted by Crippen LogP contribution is 2.34. The number of imidazole rings is 1. The first-order valence-corrected chi connectivity index (χ1v) is 11.9.